The Bertz CT molecular complexity index is 2360. The minimum atomic E-state index is -4.72. The molecule has 1 unspecified atom stereocenters. The van der Waals surface area contributed by atoms with E-state index in [9.17, 15) is 32.3 Å². The van der Waals surface area contributed by atoms with Crippen LogP contribution in [0.3, 0.4) is 0 Å². The van der Waals surface area contributed by atoms with Crippen molar-refractivity contribution in [3.05, 3.63) is 82.2 Å². The van der Waals surface area contributed by atoms with Gasteiger partial charge >= 0.3 is 11.9 Å². The first-order valence-corrected chi connectivity index (χ1v) is 18.4. The predicted octanol–water partition coefficient (Wildman–Crippen LogP) is 5.29. The Balaban J connectivity index is 0.872. The number of hydrogen-bond donors (Lipinski definition) is 2. The van der Waals surface area contributed by atoms with E-state index >= 15 is 4.39 Å². The van der Waals surface area contributed by atoms with Gasteiger partial charge in [0.2, 0.25) is 11.8 Å². The zero-order valence-electron chi connectivity index (χ0n) is 29.9. The maximum absolute atomic E-state index is 16.1. The number of aromatic nitrogens is 6. The first kappa shape index (κ1) is 36.5. The van der Waals surface area contributed by atoms with Crippen molar-refractivity contribution in [2.45, 2.75) is 75.3 Å². The fourth-order valence-corrected chi connectivity index (χ4v) is 8.58. The van der Waals surface area contributed by atoms with Crippen molar-refractivity contribution >= 4 is 45.3 Å². The third kappa shape index (κ3) is 7.12. The van der Waals surface area contributed by atoms with Gasteiger partial charge in [0.15, 0.2) is 5.69 Å². The van der Waals surface area contributed by atoms with Crippen LogP contribution < -0.4 is 16.3 Å². The van der Waals surface area contributed by atoms with Gasteiger partial charge < -0.3 is 10.2 Å². The number of imide groups is 1. The van der Waals surface area contributed by atoms with Gasteiger partial charge in [-0.25, -0.2) is 9.18 Å². The lowest BCUT2D eigenvalue weighted by molar-refractivity contribution is -0.142. The standard InChI is InChI=1S/C38H39F4N9O4/c1-48-34-27(3-2-4-30(34)51(37(48)55)31-11-12-33(52)45-36(31)54)26-13-14-49(20-28(26)39)18-21-5-8-25(9-6-21)50-19-23-15-24(7-10-29(23)47-50)44-35(53)22-16-32(38(40,41)42)46-43-17-22/h2-4,7,10,15-17,19,21,25-26,28,31H,5-6,8-9,11-14,18,20H2,1H3,(H,44,53)(H,45,52,54)/t21?,25?,26-,28+,31?/m0/s1. The Hall–Kier alpha value is -5.45. The zero-order chi connectivity index (χ0) is 38.6. The quantitative estimate of drug-likeness (QED) is 0.168. The highest BCUT2D eigenvalue weighted by Gasteiger charge is 2.37. The third-order valence-corrected chi connectivity index (χ3v) is 11.4. The largest absolute Gasteiger partial charge is 0.435 e. The number of benzene rings is 2. The van der Waals surface area contributed by atoms with Gasteiger partial charge in [0.1, 0.15) is 12.2 Å². The maximum Gasteiger partial charge on any atom is 0.435 e. The summed E-state index contributed by atoms with van der Waals surface area (Å²) in [7, 11) is 1.64. The van der Waals surface area contributed by atoms with Crippen LogP contribution >= 0.6 is 0 Å². The number of piperidine rings is 2. The van der Waals surface area contributed by atoms with Crippen molar-refractivity contribution in [3.63, 3.8) is 0 Å². The number of imidazole rings is 1. The van der Waals surface area contributed by atoms with E-state index in [0.29, 0.717) is 41.7 Å². The highest BCUT2D eigenvalue weighted by molar-refractivity contribution is 6.05. The van der Waals surface area contributed by atoms with Gasteiger partial charge in [0.05, 0.1) is 34.4 Å². The van der Waals surface area contributed by atoms with E-state index in [1.807, 2.05) is 16.9 Å². The number of nitrogens with zero attached hydrogens (tertiary/aromatic N) is 7. The summed E-state index contributed by atoms with van der Waals surface area (Å²) < 4.78 is 60.0. The number of para-hydroxylation sites is 1. The molecule has 0 spiro atoms. The second-order valence-electron chi connectivity index (χ2n) is 14.9. The molecule has 2 N–H and O–H groups in total. The van der Waals surface area contributed by atoms with Gasteiger partial charge in [0.25, 0.3) is 5.91 Å². The molecule has 2 aliphatic heterocycles. The number of aryl methyl sites for hydroxylation is 1. The van der Waals surface area contributed by atoms with E-state index < -0.39 is 41.8 Å². The van der Waals surface area contributed by atoms with Crippen LogP contribution in [0.15, 0.2) is 59.7 Å². The second-order valence-corrected chi connectivity index (χ2v) is 14.9. The topological polar surface area (TPSA) is 149 Å². The van der Waals surface area contributed by atoms with Crippen LogP contribution in [-0.4, -0.2) is 77.5 Å². The molecule has 1 aliphatic carbocycles. The van der Waals surface area contributed by atoms with Gasteiger partial charge in [0, 0.05) is 49.7 Å². The molecule has 13 nitrogen and oxygen atoms in total. The Labute approximate surface area is 311 Å². The summed E-state index contributed by atoms with van der Waals surface area (Å²) in [5.41, 5.74) is 1.20. The van der Waals surface area contributed by atoms with E-state index in [1.54, 1.807) is 37.4 Å². The van der Waals surface area contributed by atoms with Gasteiger partial charge in [-0.05, 0) is 86.9 Å². The molecule has 288 valence electrons. The molecule has 2 aromatic carbocycles. The first-order chi connectivity index (χ1) is 26.3. The fraction of sp³-hybridized carbons (Fsp3) is 0.447. The molecular weight excluding hydrogens is 722 g/mol. The highest BCUT2D eigenvalue weighted by Crippen LogP contribution is 2.38. The molecule has 55 heavy (non-hydrogen) atoms. The minimum absolute atomic E-state index is 0.144. The summed E-state index contributed by atoms with van der Waals surface area (Å²) in [5.74, 6) is -1.60. The molecular formula is C38H39F4N9O4. The fourth-order valence-electron chi connectivity index (χ4n) is 8.58. The second kappa shape index (κ2) is 14.3. The Morgan fingerprint density at radius 2 is 1.82 bits per heavy atom. The molecule has 17 heteroatoms. The lowest BCUT2D eigenvalue weighted by Crippen LogP contribution is -2.44. The lowest BCUT2D eigenvalue weighted by Gasteiger charge is -2.38. The maximum atomic E-state index is 16.1. The van der Waals surface area contributed by atoms with E-state index in [4.69, 9.17) is 5.10 Å². The SMILES string of the molecule is Cn1c(=O)n(C2CCC(=O)NC2=O)c2cccc([C@@H]3CCN(CC4CCC(n5cc6cc(NC(=O)c7cnnc(C(F)(F)F)c7)ccc6n5)CC4)C[C@H]3F)c21. The normalized spacial score (nSPS) is 24.0. The van der Waals surface area contributed by atoms with Crippen LogP contribution in [-0.2, 0) is 22.8 Å². The third-order valence-electron chi connectivity index (χ3n) is 11.4. The summed E-state index contributed by atoms with van der Waals surface area (Å²) >= 11 is 0. The van der Waals surface area contributed by atoms with Crippen LogP contribution in [0.2, 0.25) is 0 Å². The molecule has 0 radical (unpaired) electrons. The first-order valence-electron chi connectivity index (χ1n) is 18.4. The van der Waals surface area contributed by atoms with Gasteiger partial charge in [-0.3, -0.25) is 33.5 Å². The number of carbonyl (C=O) groups excluding carboxylic acids is 3. The smallest absolute Gasteiger partial charge is 0.322 e. The Morgan fingerprint density at radius 3 is 2.56 bits per heavy atom. The molecule has 3 aliphatic rings. The minimum Gasteiger partial charge on any atom is -0.322 e. The number of alkyl halides is 4. The average Bonchev–Trinajstić information content (AvgIpc) is 3.69. The van der Waals surface area contributed by atoms with E-state index in [2.05, 4.69) is 25.7 Å². The molecule has 0 bridgehead atoms. The van der Waals surface area contributed by atoms with Crippen LogP contribution in [0.1, 0.15) is 84.6 Å². The van der Waals surface area contributed by atoms with Crippen molar-refractivity contribution in [1.82, 2.24) is 39.3 Å². The summed E-state index contributed by atoms with van der Waals surface area (Å²) in [4.78, 5) is 52.7. The Morgan fingerprint density at radius 1 is 1.02 bits per heavy atom. The molecule has 1 saturated carbocycles. The zero-order valence-corrected chi connectivity index (χ0v) is 29.9. The van der Waals surface area contributed by atoms with Crippen molar-refractivity contribution in [1.29, 1.82) is 0 Å². The van der Waals surface area contributed by atoms with Crippen LogP contribution in [0.5, 0.6) is 0 Å². The Kier molecular flexibility index (Phi) is 9.51. The molecule has 3 amide bonds. The summed E-state index contributed by atoms with van der Waals surface area (Å²) in [6.45, 7) is 1.79. The number of rotatable bonds is 7. The molecule has 3 atom stereocenters. The number of likely N-dealkylation sites (tertiary alicyclic amines) is 1. The molecule has 3 fully saturated rings. The molecule has 5 aromatic rings. The number of halogens is 4. The van der Waals surface area contributed by atoms with E-state index in [0.717, 1.165) is 54.9 Å². The lowest BCUT2D eigenvalue weighted by atomic mass is 9.83. The van der Waals surface area contributed by atoms with Gasteiger partial charge in [-0.1, -0.05) is 12.1 Å². The summed E-state index contributed by atoms with van der Waals surface area (Å²) in [6, 6.07) is 10.6. The van der Waals surface area contributed by atoms with Crippen molar-refractivity contribution in [2.24, 2.45) is 13.0 Å². The number of hydrogen-bond acceptors (Lipinski definition) is 8. The van der Waals surface area contributed by atoms with Crippen molar-refractivity contribution in [3.8, 4) is 0 Å². The average molecular weight is 762 g/mol. The summed E-state index contributed by atoms with van der Waals surface area (Å²) in [5, 5.41) is 16.9. The van der Waals surface area contributed by atoms with Crippen molar-refractivity contribution in [2.75, 3.05) is 25.0 Å². The number of anilines is 1. The highest BCUT2D eigenvalue weighted by atomic mass is 19.4. The predicted molar refractivity (Wildman–Crippen MR) is 193 cm³/mol. The number of nitrogens with one attached hydrogen (secondary N) is 2. The molecule has 3 aromatic heterocycles. The molecule has 2 saturated heterocycles. The van der Waals surface area contributed by atoms with Gasteiger partial charge in [-0.15, -0.1) is 5.10 Å². The van der Waals surface area contributed by atoms with Crippen molar-refractivity contribution < 1.29 is 31.9 Å². The molecule has 8 rings (SSSR count). The number of fused-ring (bicyclic) bond motifs is 2. The van der Waals surface area contributed by atoms with E-state index in [-0.39, 0.29) is 42.6 Å². The van der Waals surface area contributed by atoms with Gasteiger partial charge in [-0.2, -0.15) is 23.4 Å². The van der Waals surface area contributed by atoms with Crippen LogP contribution in [0.4, 0.5) is 23.2 Å². The number of carbonyl (C=O) groups is 3. The molecule has 5 heterocycles. The van der Waals surface area contributed by atoms with E-state index in [1.165, 1.54) is 9.13 Å². The van der Waals surface area contributed by atoms with Crippen LogP contribution in [0, 0.1) is 5.92 Å². The summed E-state index contributed by atoms with van der Waals surface area (Å²) in [6.07, 6.45) is 1.70. The monoisotopic (exact) mass is 761 g/mol. The van der Waals surface area contributed by atoms with Crippen LogP contribution in [0.25, 0.3) is 21.9 Å². The number of amides is 3.